The monoisotopic (exact) mass is 405 g/mol. The molecule has 4 atom stereocenters. The quantitative estimate of drug-likeness (QED) is 0.211. The number of aliphatic hydroxyl groups excluding tert-OH is 1. The van der Waals surface area contributed by atoms with Crippen LogP contribution in [0.3, 0.4) is 0 Å². The molecule has 1 saturated heterocycles. The maximum Gasteiger partial charge on any atom is 0.355 e. The van der Waals surface area contributed by atoms with Crippen LogP contribution in [0.5, 0.6) is 0 Å². The van der Waals surface area contributed by atoms with Crippen molar-refractivity contribution in [2.75, 3.05) is 0 Å². The van der Waals surface area contributed by atoms with Crippen molar-refractivity contribution < 1.29 is 24.2 Å². The van der Waals surface area contributed by atoms with Crippen molar-refractivity contribution >= 4 is 11.9 Å². The summed E-state index contributed by atoms with van der Waals surface area (Å²) < 4.78 is 10.9. The van der Waals surface area contributed by atoms with Gasteiger partial charge in [0.1, 0.15) is 11.3 Å². The van der Waals surface area contributed by atoms with E-state index < -0.39 is 23.6 Å². The lowest BCUT2D eigenvalue weighted by Gasteiger charge is -2.17. The van der Waals surface area contributed by atoms with Crippen LogP contribution in [0.15, 0.2) is 36.1 Å². The molecule has 0 spiro atoms. The number of amides is 1. The minimum absolute atomic E-state index is 0.122. The van der Waals surface area contributed by atoms with Crippen LogP contribution < -0.4 is 5.32 Å². The van der Waals surface area contributed by atoms with Crippen LogP contribution in [-0.2, 0) is 19.1 Å². The third kappa shape index (κ3) is 8.15. The number of hydrogen-bond acceptors (Lipinski definition) is 5. The van der Waals surface area contributed by atoms with Gasteiger partial charge in [0.2, 0.25) is 5.91 Å². The van der Waals surface area contributed by atoms with E-state index in [-0.39, 0.29) is 12.1 Å². The number of carbonyl (C=O) groups is 2. The molecule has 6 nitrogen and oxygen atoms in total. The number of esters is 1. The molecule has 2 rings (SSSR count). The average Bonchev–Trinajstić information content (AvgIpc) is 3.35. The van der Waals surface area contributed by atoms with Gasteiger partial charge in [0, 0.05) is 0 Å². The fourth-order valence-corrected chi connectivity index (χ4v) is 3.28. The summed E-state index contributed by atoms with van der Waals surface area (Å²) in [5.74, 6) is -0.964. The topological polar surface area (TPSA) is 88.2 Å². The maximum atomic E-state index is 12.0. The zero-order valence-corrected chi connectivity index (χ0v) is 17.9. The van der Waals surface area contributed by atoms with Gasteiger partial charge in [-0.05, 0) is 32.3 Å². The second kappa shape index (κ2) is 11.3. The largest absolute Gasteiger partial charge is 0.450 e. The Morgan fingerprint density at radius 1 is 1.28 bits per heavy atom. The van der Waals surface area contributed by atoms with Crippen LogP contribution >= 0.6 is 0 Å². The second-order valence-corrected chi connectivity index (χ2v) is 8.04. The van der Waals surface area contributed by atoms with E-state index in [2.05, 4.69) is 12.2 Å². The van der Waals surface area contributed by atoms with Crippen molar-refractivity contribution in [1.29, 1.82) is 0 Å². The van der Waals surface area contributed by atoms with Gasteiger partial charge in [0.15, 0.2) is 0 Å². The van der Waals surface area contributed by atoms with Gasteiger partial charge in [-0.1, -0.05) is 63.8 Å². The Labute approximate surface area is 174 Å². The van der Waals surface area contributed by atoms with Gasteiger partial charge in [-0.15, -0.1) is 0 Å². The minimum atomic E-state index is -0.918. The number of unbranched alkanes of at least 4 members (excludes halogenated alkanes) is 3. The Balaban J connectivity index is 1.61. The number of carbonyl (C=O) groups excluding carboxylic acids is 2. The molecule has 2 N–H and O–H groups in total. The van der Waals surface area contributed by atoms with Gasteiger partial charge >= 0.3 is 5.97 Å². The molecule has 162 valence electrons. The number of allylic oxidation sites excluding steroid dienone is 2. The third-order valence-corrected chi connectivity index (χ3v) is 5.34. The second-order valence-electron chi connectivity index (χ2n) is 8.04. The van der Waals surface area contributed by atoms with E-state index in [1.807, 2.05) is 19.1 Å². The molecule has 2 heterocycles. The van der Waals surface area contributed by atoms with E-state index in [4.69, 9.17) is 9.47 Å². The third-order valence-electron chi connectivity index (χ3n) is 5.34. The summed E-state index contributed by atoms with van der Waals surface area (Å²) in [6.45, 7) is 5.90. The first kappa shape index (κ1) is 23.4. The number of hydrogen-bond donors (Lipinski definition) is 2. The molecule has 0 bridgehead atoms. The van der Waals surface area contributed by atoms with Gasteiger partial charge in [-0.25, -0.2) is 4.79 Å². The number of rotatable bonds is 13. The van der Waals surface area contributed by atoms with Gasteiger partial charge in [0.25, 0.3) is 0 Å². The van der Waals surface area contributed by atoms with E-state index in [1.165, 1.54) is 25.7 Å². The standard InChI is InChI=1S/C23H35NO5/c1-4-6-7-10-13-19-20(28-19)14-11-8-9-12-17(25)15-21(26)24-18-16-23(3,5-2)29-22(18)27/h8-9,11-12,16-17,19-20,25H,4-7,10,13-15H2,1-3H3,(H,24,26)/b11-8-,12-9+. The van der Waals surface area contributed by atoms with Gasteiger partial charge < -0.3 is 19.9 Å². The van der Waals surface area contributed by atoms with E-state index in [0.29, 0.717) is 18.6 Å². The van der Waals surface area contributed by atoms with Crippen molar-refractivity contribution in [3.63, 3.8) is 0 Å². The molecule has 0 radical (unpaired) electrons. The van der Waals surface area contributed by atoms with Gasteiger partial charge in [-0.3, -0.25) is 4.79 Å². The van der Waals surface area contributed by atoms with Crippen molar-refractivity contribution in [2.24, 2.45) is 0 Å². The predicted molar refractivity (Wildman–Crippen MR) is 112 cm³/mol. The molecule has 6 heteroatoms. The molecule has 29 heavy (non-hydrogen) atoms. The fraction of sp³-hybridized carbons (Fsp3) is 0.652. The Kier molecular flexibility index (Phi) is 9.11. The van der Waals surface area contributed by atoms with Crippen LogP contribution in [0.1, 0.15) is 72.1 Å². The van der Waals surface area contributed by atoms with E-state index >= 15 is 0 Å². The van der Waals surface area contributed by atoms with Crippen LogP contribution in [0.2, 0.25) is 0 Å². The molecule has 2 aliphatic heterocycles. The highest BCUT2D eigenvalue weighted by Crippen LogP contribution is 2.30. The smallest absolute Gasteiger partial charge is 0.355 e. The van der Waals surface area contributed by atoms with Gasteiger partial charge in [0.05, 0.1) is 24.7 Å². The normalized spacial score (nSPS) is 27.3. The van der Waals surface area contributed by atoms with Crippen molar-refractivity contribution in [3.8, 4) is 0 Å². The molecule has 0 aromatic heterocycles. The molecular formula is C23H35NO5. The summed E-state index contributed by atoms with van der Waals surface area (Å²) in [5.41, 5.74) is -0.535. The summed E-state index contributed by atoms with van der Waals surface area (Å²) in [4.78, 5) is 23.8. The van der Waals surface area contributed by atoms with E-state index in [1.54, 1.807) is 25.2 Å². The number of cyclic esters (lactones) is 1. The van der Waals surface area contributed by atoms with E-state index in [9.17, 15) is 14.7 Å². The van der Waals surface area contributed by atoms with Gasteiger partial charge in [-0.2, -0.15) is 0 Å². The molecule has 0 aromatic rings. The molecule has 0 aromatic carbocycles. The Hall–Kier alpha value is -1.92. The molecule has 0 saturated carbocycles. The SMILES string of the molecule is CCCCCCC1OC1C/C=C\C=C\C(O)CC(=O)NC1=CC(C)(CC)OC1=O. The first-order chi connectivity index (χ1) is 13.9. The predicted octanol–water partition coefficient (Wildman–Crippen LogP) is 3.70. The number of aliphatic hydroxyl groups is 1. The minimum Gasteiger partial charge on any atom is -0.450 e. The summed E-state index contributed by atoms with van der Waals surface area (Å²) in [7, 11) is 0. The zero-order valence-electron chi connectivity index (χ0n) is 17.9. The highest BCUT2D eigenvalue weighted by molar-refractivity contribution is 5.96. The number of nitrogens with one attached hydrogen (secondary N) is 1. The molecular weight excluding hydrogens is 370 g/mol. The highest BCUT2D eigenvalue weighted by atomic mass is 16.6. The number of ether oxygens (including phenoxy) is 2. The maximum absolute atomic E-state index is 12.0. The van der Waals surface area contributed by atoms with Crippen LogP contribution in [-0.4, -0.2) is 40.9 Å². The molecule has 0 aliphatic carbocycles. The first-order valence-corrected chi connectivity index (χ1v) is 10.8. The zero-order chi connectivity index (χ0) is 21.3. The molecule has 2 aliphatic rings. The lowest BCUT2D eigenvalue weighted by molar-refractivity contribution is -0.146. The summed E-state index contributed by atoms with van der Waals surface area (Å²) in [6, 6.07) is 0. The Morgan fingerprint density at radius 2 is 2.07 bits per heavy atom. The van der Waals surface area contributed by atoms with Crippen molar-refractivity contribution in [3.05, 3.63) is 36.1 Å². The van der Waals surface area contributed by atoms with Crippen LogP contribution in [0.4, 0.5) is 0 Å². The van der Waals surface area contributed by atoms with Crippen LogP contribution in [0.25, 0.3) is 0 Å². The summed E-state index contributed by atoms with van der Waals surface area (Å²) in [5, 5.41) is 12.5. The van der Waals surface area contributed by atoms with Crippen molar-refractivity contribution in [1.82, 2.24) is 5.32 Å². The number of epoxide rings is 1. The van der Waals surface area contributed by atoms with E-state index in [0.717, 1.165) is 12.8 Å². The lowest BCUT2D eigenvalue weighted by atomic mass is 10.0. The summed E-state index contributed by atoms with van der Waals surface area (Å²) in [6.07, 6.45) is 16.2. The van der Waals surface area contributed by atoms with Crippen LogP contribution in [0, 0.1) is 0 Å². The van der Waals surface area contributed by atoms with Crippen molar-refractivity contribution in [2.45, 2.75) is 96.1 Å². The molecule has 1 fully saturated rings. The fourth-order valence-electron chi connectivity index (χ4n) is 3.28. The molecule has 4 unspecified atom stereocenters. The first-order valence-electron chi connectivity index (χ1n) is 10.8. The molecule has 1 amide bonds. The Morgan fingerprint density at radius 3 is 2.76 bits per heavy atom. The lowest BCUT2D eigenvalue weighted by Crippen LogP contribution is -2.28. The summed E-state index contributed by atoms with van der Waals surface area (Å²) >= 11 is 0. The Bertz CT molecular complexity index is 654. The average molecular weight is 406 g/mol. The highest BCUT2D eigenvalue weighted by Gasteiger charge is 2.36.